The normalized spacial score (nSPS) is 10.9. The number of hydrogen-bond acceptors (Lipinski definition) is 5. The van der Waals surface area contributed by atoms with Crippen molar-refractivity contribution >= 4 is 22.8 Å². The molecule has 0 radical (unpaired) electrons. The van der Waals surface area contributed by atoms with Crippen molar-refractivity contribution in [3.63, 3.8) is 0 Å². The zero-order valence-electron chi connectivity index (χ0n) is 11.5. The summed E-state index contributed by atoms with van der Waals surface area (Å²) in [6, 6.07) is 11.5. The lowest BCUT2D eigenvalue weighted by Crippen LogP contribution is -1.93. The SMILES string of the molecule is COc1ccc2c(NN=Cc3cccnc3)ccnc2c1. The lowest BCUT2D eigenvalue weighted by molar-refractivity contribution is 0.415. The number of fused-ring (bicyclic) bond motifs is 1. The molecule has 0 unspecified atom stereocenters. The fourth-order valence-corrected chi connectivity index (χ4v) is 1.98. The highest BCUT2D eigenvalue weighted by Gasteiger charge is 2.02. The van der Waals surface area contributed by atoms with E-state index in [1.807, 2.05) is 36.4 Å². The molecule has 0 amide bonds. The fourth-order valence-electron chi connectivity index (χ4n) is 1.98. The first kappa shape index (κ1) is 13.1. The van der Waals surface area contributed by atoms with E-state index in [2.05, 4.69) is 20.5 Å². The number of aromatic nitrogens is 2. The van der Waals surface area contributed by atoms with Gasteiger partial charge < -0.3 is 4.74 Å². The highest BCUT2D eigenvalue weighted by atomic mass is 16.5. The van der Waals surface area contributed by atoms with Gasteiger partial charge in [0.05, 0.1) is 24.5 Å². The van der Waals surface area contributed by atoms with Crippen LogP contribution in [0.1, 0.15) is 5.56 Å². The molecule has 2 aromatic heterocycles. The van der Waals surface area contributed by atoms with Crippen molar-refractivity contribution in [2.75, 3.05) is 12.5 Å². The third kappa shape index (κ3) is 2.97. The number of hydrogen-bond donors (Lipinski definition) is 1. The van der Waals surface area contributed by atoms with Crippen LogP contribution in [-0.4, -0.2) is 23.3 Å². The van der Waals surface area contributed by atoms with E-state index in [9.17, 15) is 0 Å². The smallest absolute Gasteiger partial charge is 0.121 e. The second-order valence-corrected chi connectivity index (χ2v) is 4.40. The van der Waals surface area contributed by atoms with Gasteiger partial charge in [-0.2, -0.15) is 5.10 Å². The summed E-state index contributed by atoms with van der Waals surface area (Å²) in [5.41, 5.74) is 5.72. The Morgan fingerprint density at radius 1 is 1.19 bits per heavy atom. The van der Waals surface area contributed by atoms with Crippen LogP contribution in [0.3, 0.4) is 0 Å². The molecule has 1 N–H and O–H groups in total. The number of benzene rings is 1. The van der Waals surface area contributed by atoms with E-state index in [-0.39, 0.29) is 0 Å². The van der Waals surface area contributed by atoms with Gasteiger partial charge in [-0.25, -0.2) is 0 Å². The van der Waals surface area contributed by atoms with E-state index in [1.54, 1.807) is 31.9 Å². The molecule has 0 fully saturated rings. The van der Waals surface area contributed by atoms with Crippen LogP contribution in [0.2, 0.25) is 0 Å². The topological polar surface area (TPSA) is 59.4 Å². The van der Waals surface area contributed by atoms with Crippen LogP contribution < -0.4 is 10.2 Å². The molecule has 0 aliphatic heterocycles. The van der Waals surface area contributed by atoms with E-state index in [4.69, 9.17) is 4.74 Å². The van der Waals surface area contributed by atoms with Crippen molar-refractivity contribution in [1.82, 2.24) is 9.97 Å². The molecule has 5 heteroatoms. The first-order chi connectivity index (χ1) is 10.4. The van der Waals surface area contributed by atoms with Crippen molar-refractivity contribution < 1.29 is 4.74 Å². The summed E-state index contributed by atoms with van der Waals surface area (Å²) in [6.07, 6.45) is 6.95. The molecular formula is C16H14N4O. The highest BCUT2D eigenvalue weighted by Crippen LogP contribution is 2.25. The molecule has 2 heterocycles. The van der Waals surface area contributed by atoms with E-state index in [0.29, 0.717) is 0 Å². The Bertz CT molecular complexity index is 772. The molecule has 1 aromatic carbocycles. The predicted molar refractivity (Wildman–Crippen MR) is 83.7 cm³/mol. The molecule has 0 saturated carbocycles. The Balaban J connectivity index is 1.85. The van der Waals surface area contributed by atoms with Crippen molar-refractivity contribution in [3.05, 3.63) is 60.6 Å². The molecule has 3 aromatic rings. The first-order valence-corrected chi connectivity index (χ1v) is 6.49. The van der Waals surface area contributed by atoms with Gasteiger partial charge in [-0.05, 0) is 24.3 Å². The predicted octanol–water partition coefficient (Wildman–Crippen LogP) is 3.08. The fraction of sp³-hybridized carbons (Fsp3) is 0.0625. The highest BCUT2D eigenvalue weighted by molar-refractivity contribution is 5.92. The Kier molecular flexibility index (Phi) is 3.73. The number of rotatable bonds is 4. The number of nitrogens with one attached hydrogen (secondary N) is 1. The van der Waals surface area contributed by atoms with Gasteiger partial charge >= 0.3 is 0 Å². The lowest BCUT2D eigenvalue weighted by Gasteiger charge is -2.06. The van der Waals surface area contributed by atoms with Crippen molar-refractivity contribution in [1.29, 1.82) is 0 Å². The van der Waals surface area contributed by atoms with E-state index in [1.165, 1.54) is 0 Å². The monoisotopic (exact) mass is 278 g/mol. The van der Waals surface area contributed by atoms with Crippen LogP contribution in [0.5, 0.6) is 5.75 Å². The summed E-state index contributed by atoms with van der Waals surface area (Å²) in [5.74, 6) is 0.783. The summed E-state index contributed by atoms with van der Waals surface area (Å²) in [6.45, 7) is 0. The van der Waals surface area contributed by atoms with Gasteiger partial charge in [0, 0.05) is 35.6 Å². The maximum Gasteiger partial charge on any atom is 0.121 e. The second kappa shape index (κ2) is 6.00. The summed E-state index contributed by atoms with van der Waals surface area (Å²) >= 11 is 0. The molecule has 0 bridgehead atoms. The average molecular weight is 278 g/mol. The molecule has 0 saturated heterocycles. The Morgan fingerprint density at radius 3 is 2.95 bits per heavy atom. The standard InChI is InChI=1S/C16H14N4O/c1-21-13-4-5-14-15(6-8-18-16(14)9-13)20-19-11-12-3-2-7-17-10-12/h2-11H,1H3,(H,18,20). The Morgan fingerprint density at radius 2 is 2.14 bits per heavy atom. The molecule has 3 rings (SSSR count). The molecule has 0 aliphatic rings. The molecule has 0 atom stereocenters. The quantitative estimate of drug-likeness (QED) is 0.588. The van der Waals surface area contributed by atoms with Gasteiger partial charge in [0.2, 0.25) is 0 Å². The summed E-state index contributed by atoms with van der Waals surface area (Å²) in [4.78, 5) is 8.37. The van der Waals surface area contributed by atoms with Gasteiger partial charge in [-0.1, -0.05) is 6.07 Å². The zero-order chi connectivity index (χ0) is 14.5. The minimum absolute atomic E-state index is 0.783. The number of pyridine rings is 2. The molecule has 0 spiro atoms. The van der Waals surface area contributed by atoms with Crippen molar-refractivity contribution in [2.45, 2.75) is 0 Å². The number of methoxy groups -OCH3 is 1. The number of nitrogens with zero attached hydrogens (tertiary/aromatic N) is 3. The van der Waals surface area contributed by atoms with Crippen LogP contribution in [0, 0.1) is 0 Å². The Hall–Kier alpha value is -2.95. The first-order valence-electron chi connectivity index (χ1n) is 6.49. The molecule has 0 aliphatic carbocycles. The van der Waals surface area contributed by atoms with Gasteiger partial charge in [0.25, 0.3) is 0 Å². The van der Waals surface area contributed by atoms with Crippen LogP contribution >= 0.6 is 0 Å². The largest absolute Gasteiger partial charge is 0.497 e. The molecule has 21 heavy (non-hydrogen) atoms. The van der Waals surface area contributed by atoms with Crippen LogP contribution in [-0.2, 0) is 0 Å². The third-order valence-corrected chi connectivity index (χ3v) is 3.03. The van der Waals surface area contributed by atoms with Gasteiger partial charge in [0.15, 0.2) is 0 Å². The number of anilines is 1. The second-order valence-electron chi connectivity index (χ2n) is 4.40. The average Bonchev–Trinajstić information content (AvgIpc) is 2.55. The summed E-state index contributed by atoms with van der Waals surface area (Å²) < 4.78 is 5.20. The number of hydrazone groups is 1. The summed E-state index contributed by atoms with van der Waals surface area (Å²) in [7, 11) is 1.64. The van der Waals surface area contributed by atoms with Crippen LogP contribution in [0.4, 0.5) is 5.69 Å². The van der Waals surface area contributed by atoms with Crippen LogP contribution in [0.15, 0.2) is 60.1 Å². The molecule has 104 valence electrons. The van der Waals surface area contributed by atoms with Gasteiger partial charge in [-0.15, -0.1) is 0 Å². The van der Waals surface area contributed by atoms with E-state index in [0.717, 1.165) is 27.9 Å². The zero-order valence-corrected chi connectivity index (χ0v) is 11.5. The van der Waals surface area contributed by atoms with E-state index >= 15 is 0 Å². The van der Waals surface area contributed by atoms with Crippen molar-refractivity contribution in [3.8, 4) is 5.75 Å². The van der Waals surface area contributed by atoms with E-state index < -0.39 is 0 Å². The third-order valence-electron chi connectivity index (χ3n) is 3.03. The van der Waals surface area contributed by atoms with Gasteiger partial charge in [-0.3, -0.25) is 15.4 Å². The number of ether oxygens (including phenoxy) is 1. The van der Waals surface area contributed by atoms with Crippen LogP contribution in [0.25, 0.3) is 10.9 Å². The molecule has 5 nitrogen and oxygen atoms in total. The minimum Gasteiger partial charge on any atom is -0.497 e. The maximum atomic E-state index is 5.20. The van der Waals surface area contributed by atoms with Gasteiger partial charge in [0.1, 0.15) is 5.75 Å². The maximum absolute atomic E-state index is 5.20. The summed E-state index contributed by atoms with van der Waals surface area (Å²) in [5, 5.41) is 5.22. The lowest BCUT2D eigenvalue weighted by atomic mass is 10.2. The van der Waals surface area contributed by atoms with Crippen molar-refractivity contribution in [2.24, 2.45) is 5.10 Å². The minimum atomic E-state index is 0.783. The molecular weight excluding hydrogens is 264 g/mol. The Labute approximate surface area is 122 Å².